The minimum Gasteiger partial charge on any atom is -0.494 e. The molecule has 5 nitrogen and oxygen atoms in total. The van der Waals surface area contributed by atoms with E-state index in [4.69, 9.17) is 4.74 Å². The van der Waals surface area contributed by atoms with Gasteiger partial charge in [-0.25, -0.2) is 0 Å². The van der Waals surface area contributed by atoms with Crippen molar-refractivity contribution in [3.05, 3.63) is 29.8 Å². The minimum atomic E-state index is 0.00512. The third kappa shape index (κ3) is 4.56. The summed E-state index contributed by atoms with van der Waals surface area (Å²) in [7, 11) is 2.05. The molecule has 0 radical (unpaired) electrons. The quantitative estimate of drug-likeness (QED) is 0.752. The Labute approximate surface area is 131 Å². The van der Waals surface area contributed by atoms with Gasteiger partial charge in [-0.2, -0.15) is 0 Å². The van der Waals surface area contributed by atoms with E-state index >= 15 is 0 Å². The third-order valence-corrected chi connectivity index (χ3v) is 3.91. The normalized spacial score (nSPS) is 15.6. The van der Waals surface area contributed by atoms with Crippen LogP contribution >= 0.6 is 0 Å². The smallest absolute Gasteiger partial charge is 0.223 e. The molecule has 1 amide bonds. The van der Waals surface area contributed by atoms with Gasteiger partial charge < -0.3 is 14.5 Å². The van der Waals surface area contributed by atoms with E-state index in [1.54, 1.807) is 24.3 Å². The molecule has 0 unspecified atom stereocenters. The summed E-state index contributed by atoms with van der Waals surface area (Å²) in [6.07, 6.45) is 0.551. The zero-order chi connectivity index (χ0) is 15.9. The molecule has 0 aliphatic carbocycles. The SMILES string of the molecule is CCOc1ccc(C(=O)CCC(=O)N2CCN(C)CC2)cc1. The Morgan fingerprint density at radius 2 is 1.68 bits per heavy atom. The molecule has 1 fully saturated rings. The highest BCUT2D eigenvalue weighted by Crippen LogP contribution is 2.14. The summed E-state index contributed by atoms with van der Waals surface area (Å²) in [6.45, 7) is 5.84. The maximum absolute atomic E-state index is 12.1. The molecule has 1 aromatic rings. The first-order valence-corrected chi connectivity index (χ1v) is 7.82. The number of piperazine rings is 1. The fraction of sp³-hybridized carbons (Fsp3) is 0.529. The molecular weight excluding hydrogens is 280 g/mol. The summed E-state index contributed by atoms with van der Waals surface area (Å²) in [5, 5.41) is 0. The van der Waals surface area contributed by atoms with Crippen molar-refractivity contribution >= 4 is 11.7 Å². The van der Waals surface area contributed by atoms with Crippen molar-refractivity contribution in [2.24, 2.45) is 0 Å². The molecule has 0 N–H and O–H groups in total. The Hall–Kier alpha value is -1.88. The van der Waals surface area contributed by atoms with Gasteiger partial charge in [0.15, 0.2) is 5.78 Å². The van der Waals surface area contributed by atoms with Gasteiger partial charge in [-0.15, -0.1) is 0 Å². The zero-order valence-electron chi connectivity index (χ0n) is 13.4. The summed E-state index contributed by atoms with van der Waals surface area (Å²) in [5.41, 5.74) is 0.634. The molecular formula is C17H24N2O3. The Morgan fingerprint density at radius 1 is 1.05 bits per heavy atom. The number of hydrogen-bond donors (Lipinski definition) is 0. The fourth-order valence-corrected chi connectivity index (χ4v) is 2.48. The van der Waals surface area contributed by atoms with Crippen molar-refractivity contribution in [3.63, 3.8) is 0 Å². The number of carbonyl (C=O) groups excluding carboxylic acids is 2. The van der Waals surface area contributed by atoms with E-state index < -0.39 is 0 Å². The van der Waals surface area contributed by atoms with Crippen LogP contribution in [0.15, 0.2) is 24.3 Å². The van der Waals surface area contributed by atoms with Crippen molar-refractivity contribution in [1.82, 2.24) is 9.80 Å². The van der Waals surface area contributed by atoms with Crippen LogP contribution in [0.4, 0.5) is 0 Å². The minimum absolute atomic E-state index is 0.00512. The maximum atomic E-state index is 12.1. The van der Waals surface area contributed by atoms with E-state index in [9.17, 15) is 9.59 Å². The van der Waals surface area contributed by atoms with Gasteiger partial charge in [0.1, 0.15) is 5.75 Å². The van der Waals surface area contributed by atoms with E-state index in [0.29, 0.717) is 12.2 Å². The van der Waals surface area contributed by atoms with Crippen LogP contribution in [0.2, 0.25) is 0 Å². The van der Waals surface area contributed by atoms with Gasteiger partial charge in [0, 0.05) is 44.6 Å². The van der Waals surface area contributed by atoms with Crippen LogP contribution in [0.1, 0.15) is 30.1 Å². The molecule has 0 aromatic heterocycles. The summed E-state index contributed by atoms with van der Waals surface area (Å²) in [4.78, 5) is 28.3. The van der Waals surface area contributed by atoms with Gasteiger partial charge in [0.2, 0.25) is 5.91 Å². The van der Waals surface area contributed by atoms with Crippen LogP contribution < -0.4 is 4.74 Å². The highest BCUT2D eigenvalue weighted by molar-refractivity contribution is 5.98. The second-order valence-electron chi connectivity index (χ2n) is 5.56. The molecule has 120 valence electrons. The predicted molar refractivity (Wildman–Crippen MR) is 85.3 cm³/mol. The lowest BCUT2D eigenvalue weighted by Crippen LogP contribution is -2.47. The highest BCUT2D eigenvalue weighted by Gasteiger charge is 2.19. The highest BCUT2D eigenvalue weighted by atomic mass is 16.5. The molecule has 1 aliphatic heterocycles. The lowest BCUT2D eigenvalue weighted by Gasteiger charge is -2.32. The number of nitrogens with zero attached hydrogens (tertiary/aromatic N) is 2. The monoisotopic (exact) mass is 304 g/mol. The Balaban J connectivity index is 1.80. The van der Waals surface area contributed by atoms with Crippen molar-refractivity contribution in [1.29, 1.82) is 0 Å². The van der Waals surface area contributed by atoms with E-state index in [-0.39, 0.29) is 24.5 Å². The van der Waals surface area contributed by atoms with Crippen molar-refractivity contribution < 1.29 is 14.3 Å². The second-order valence-corrected chi connectivity index (χ2v) is 5.56. The van der Waals surface area contributed by atoms with E-state index in [2.05, 4.69) is 11.9 Å². The number of carbonyl (C=O) groups is 2. The Morgan fingerprint density at radius 3 is 2.27 bits per heavy atom. The summed E-state index contributed by atoms with van der Waals surface area (Å²) < 4.78 is 5.35. The molecule has 0 saturated carbocycles. The third-order valence-electron chi connectivity index (χ3n) is 3.91. The van der Waals surface area contributed by atoms with Crippen molar-refractivity contribution in [2.75, 3.05) is 39.8 Å². The first-order chi connectivity index (χ1) is 10.6. The summed E-state index contributed by atoms with van der Waals surface area (Å²) in [5.74, 6) is 0.838. The molecule has 1 aliphatic rings. The molecule has 0 atom stereocenters. The first kappa shape index (κ1) is 16.5. The number of likely N-dealkylation sites (N-methyl/N-ethyl adjacent to an activating group) is 1. The van der Waals surface area contributed by atoms with Gasteiger partial charge in [-0.05, 0) is 38.2 Å². The first-order valence-electron chi connectivity index (χ1n) is 7.82. The summed E-state index contributed by atoms with van der Waals surface area (Å²) >= 11 is 0. The van der Waals surface area contributed by atoms with Crippen LogP contribution in [0.25, 0.3) is 0 Å². The number of benzene rings is 1. The molecule has 22 heavy (non-hydrogen) atoms. The molecule has 0 spiro atoms. The van der Waals surface area contributed by atoms with Gasteiger partial charge in [0.05, 0.1) is 6.61 Å². The van der Waals surface area contributed by atoms with Gasteiger partial charge >= 0.3 is 0 Å². The molecule has 0 bridgehead atoms. The summed E-state index contributed by atoms with van der Waals surface area (Å²) in [6, 6.07) is 7.10. The van der Waals surface area contributed by atoms with Gasteiger partial charge in [0.25, 0.3) is 0 Å². The number of rotatable bonds is 6. The predicted octanol–water partition coefficient (Wildman–Crippen LogP) is 1.82. The van der Waals surface area contributed by atoms with Crippen LogP contribution in [0.5, 0.6) is 5.75 Å². The maximum Gasteiger partial charge on any atom is 0.223 e. The molecule has 1 saturated heterocycles. The molecule has 5 heteroatoms. The lowest BCUT2D eigenvalue weighted by molar-refractivity contribution is -0.132. The van der Waals surface area contributed by atoms with Crippen LogP contribution in [0, 0.1) is 0 Å². The number of hydrogen-bond acceptors (Lipinski definition) is 4. The van der Waals surface area contributed by atoms with Crippen molar-refractivity contribution in [3.8, 4) is 5.75 Å². The number of Topliss-reactive ketones (excluding diaryl/α,β-unsaturated/α-hetero) is 1. The number of amides is 1. The molecule has 2 rings (SSSR count). The Bertz CT molecular complexity index is 505. The van der Waals surface area contributed by atoms with Gasteiger partial charge in [-0.1, -0.05) is 0 Å². The zero-order valence-corrected chi connectivity index (χ0v) is 13.4. The van der Waals surface area contributed by atoms with Gasteiger partial charge in [-0.3, -0.25) is 9.59 Å². The number of ketones is 1. The fourth-order valence-electron chi connectivity index (χ4n) is 2.48. The molecule has 1 heterocycles. The average Bonchev–Trinajstić information content (AvgIpc) is 2.54. The van der Waals surface area contributed by atoms with E-state index in [0.717, 1.165) is 31.9 Å². The molecule has 1 aromatic carbocycles. The second kappa shape index (κ2) is 7.94. The van der Waals surface area contributed by atoms with Crippen LogP contribution in [-0.4, -0.2) is 61.3 Å². The largest absolute Gasteiger partial charge is 0.494 e. The van der Waals surface area contributed by atoms with E-state index in [1.165, 1.54) is 0 Å². The Kier molecular flexibility index (Phi) is 5.95. The lowest BCUT2D eigenvalue weighted by atomic mass is 10.1. The van der Waals surface area contributed by atoms with Crippen LogP contribution in [-0.2, 0) is 4.79 Å². The standard InChI is InChI=1S/C17H24N2O3/c1-3-22-15-6-4-14(5-7-15)16(20)8-9-17(21)19-12-10-18(2)11-13-19/h4-7H,3,8-13H2,1-2H3. The number of ether oxygens (including phenoxy) is 1. The van der Waals surface area contributed by atoms with Crippen molar-refractivity contribution in [2.45, 2.75) is 19.8 Å². The average molecular weight is 304 g/mol. The van der Waals surface area contributed by atoms with E-state index in [1.807, 2.05) is 11.8 Å². The van der Waals surface area contributed by atoms with Crippen LogP contribution in [0.3, 0.4) is 0 Å². The topological polar surface area (TPSA) is 49.9 Å².